The topological polar surface area (TPSA) is 72.5 Å². The number of carbonyl (C=O) groups is 1. The molecule has 0 fully saturated rings. The second-order valence-corrected chi connectivity index (χ2v) is 3.76. The lowest BCUT2D eigenvalue weighted by Crippen LogP contribution is -2.35. The summed E-state index contributed by atoms with van der Waals surface area (Å²) in [5.74, 6) is -0.763. The van der Waals surface area contributed by atoms with Crippen LogP contribution < -0.4 is 10.5 Å². The minimum Gasteiger partial charge on any atom is -0.491 e. The fraction of sp³-hybridized carbons (Fsp3) is 0.417. The highest BCUT2D eigenvalue weighted by Crippen LogP contribution is 2.21. The monoisotopic (exact) mass is 241 g/mol. The van der Waals surface area contributed by atoms with Crippen molar-refractivity contribution in [3.63, 3.8) is 0 Å². The molecule has 0 aliphatic heterocycles. The lowest BCUT2D eigenvalue weighted by Gasteiger charge is -2.16. The van der Waals surface area contributed by atoms with E-state index in [0.29, 0.717) is 5.75 Å². The molecule has 5 heteroatoms. The van der Waals surface area contributed by atoms with Crippen LogP contribution in [0, 0.1) is 0 Å². The first-order valence-electron chi connectivity index (χ1n) is 5.33. The molecule has 1 aromatic carbocycles. The van der Waals surface area contributed by atoms with Crippen molar-refractivity contribution in [1.29, 1.82) is 0 Å². The van der Waals surface area contributed by atoms with E-state index in [9.17, 15) is 9.18 Å². The number of carboxylic acid groups (broad SMARTS) is 1. The molecule has 3 N–H and O–H groups in total. The van der Waals surface area contributed by atoms with Crippen molar-refractivity contribution < 1.29 is 19.0 Å². The second kappa shape index (κ2) is 6.20. The maximum Gasteiger partial charge on any atom is 0.321 e. The van der Waals surface area contributed by atoms with Crippen LogP contribution in [0.15, 0.2) is 24.3 Å². The normalized spacial score (nSPS) is 14.1. The third-order valence-electron chi connectivity index (χ3n) is 2.58. The highest BCUT2D eigenvalue weighted by Gasteiger charge is 2.21. The van der Waals surface area contributed by atoms with E-state index in [-0.39, 0.29) is 12.5 Å². The third kappa shape index (κ3) is 3.71. The zero-order chi connectivity index (χ0) is 12.8. The summed E-state index contributed by atoms with van der Waals surface area (Å²) in [6, 6.07) is 5.89. The van der Waals surface area contributed by atoms with Crippen LogP contribution in [0.1, 0.15) is 18.4 Å². The van der Waals surface area contributed by atoms with Gasteiger partial charge in [-0.25, -0.2) is 4.39 Å². The molecule has 0 spiro atoms. The van der Waals surface area contributed by atoms with Gasteiger partial charge < -0.3 is 15.6 Å². The lowest BCUT2D eigenvalue weighted by molar-refractivity contribution is -0.139. The molecule has 0 saturated carbocycles. The maximum absolute atomic E-state index is 11.9. The Morgan fingerprint density at radius 2 is 2.06 bits per heavy atom. The van der Waals surface area contributed by atoms with Crippen LogP contribution in [-0.2, 0) is 4.79 Å². The van der Waals surface area contributed by atoms with Gasteiger partial charge in [0.25, 0.3) is 0 Å². The van der Waals surface area contributed by atoms with Gasteiger partial charge in [-0.2, -0.15) is 0 Å². The smallest absolute Gasteiger partial charge is 0.321 e. The molecule has 2 unspecified atom stereocenters. The predicted molar refractivity (Wildman–Crippen MR) is 61.9 cm³/mol. The van der Waals surface area contributed by atoms with Crippen LogP contribution in [0.4, 0.5) is 4.39 Å². The van der Waals surface area contributed by atoms with E-state index in [4.69, 9.17) is 15.6 Å². The van der Waals surface area contributed by atoms with Gasteiger partial charge in [0, 0.05) is 5.92 Å². The SMILES string of the molecule is CC(c1ccc(OCCF)cc1)C(N)C(=O)O. The van der Waals surface area contributed by atoms with Crippen molar-refractivity contribution in [2.45, 2.75) is 18.9 Å². The fourth-order valence-corrected chi connectivity index (χ4v) is 1.45. The average molecular weight is 241 g/mol. The number of rotatable bonds is 6. The van der Waals surface area contributed by atoms with Crippen molar-refractivity contribution in [2.75, 3.05) is 13.3 Å². The molecule has 17 heavy (non-hydrogen) atoms. The molecule has 0 aromatic heterocycles. The number of ether oxygens (including phenoxy) is 1. The second-order valence-electron chi connectivity index (χ2n) is 3.76. The molecule has 94 valence electrons. The van der Waals surface area contributed by atoms with Gasteiger partial charge in [-0.05, 0) is 17.7 Å². The van der Waals surface area contributed by atoms with E-state index < -0.39 is 18.7 Å². The van der Waals surface area contributed by atoms with Crippen LogP contribution in [0.2, 0.25) is 0 Å². The van der Waals surface area contributed by atoms with E-state index in [0.717, 1.165) is 5.56 Å². The first-order valence-corrected chi connectivity index (χ1v) is 5.33. The zero-order valence-electron chi connectivity index (χ0n) is 9.60. The minimum atomic E-state index is -1.03. The van der Waals surface area contributed by atoms with Crippen molar-refractivity contribution >= 4 is 5.97 Å². The summed E-state index contributed by atoms with van der Waals surface area (Å²) >= 11 is 0. The van der Waals surface area contributed by atoms with Crippen LogP contribution in [0.5, 0.6) is 5.75 Å². The molecule has 0 amide bonds. The summed E-state index contributed by atoms with van der Waals surface area (Å²) in [4.78, 5) is 10.7. The number of nitrogens with two attached hydrogens (primary N) is 1. The molecule has 0 radical (unpaired) electrons. The average Bonchev–Trinajstić information content (AvgIpc) is 2.35. The van der Waals surface area contributed by atoms with Gasteiger partial charge >= 0.3 is 5.97 Å². The van der Waals surface area contributed by atoms with Gasteiger partial charge in [0.05, 0.1) is 0 Å². The van der Waals surface area contributed by atoms with Crippen LogP contribution in [0.3, 0.4) is 0 Å². The molecule has 1 rings (SSSR count). The number of hydrogen-bond donors (Lipinski definition) is 2. The van der Waals surface area contributed by atoms with Gasteiger partial charge in [-0.3, -0.25) is 4.79 Å². The molecule has 4 nitrogen and oxygen atoms in total. The Morgan fingerprint density at radius 1 is 1.47 bits per heavy atom. The van der Waals surface area contributed by atoms with Crippen molar-refractivity contribution in [3.8, 4) is 5.75 Å². The summed E-state index contributed by atoms with van der Waals surface area (Å²) in [5, 5.41) is 8.79. The predicted octanol–water partition coefficient (Wildman–Crippen LogP) is 1.55. The summed E-state index contributed by atoms with van der Waals surface area (Å²) in [7, 11) is 0. The van der Waals surface area contributed by atoms with E-state index in [1.807, 2.05) is 0 Å². The summed E-state index contributed by atoms with van der Waals surface area (Å²) < 4.78 is 16.9. The van der Waals surface area contributed by atoms with E-state index in [2.05, 4.69) is 0 Å². The highest BCUT2D eigenvalue weighted by molar-refractivity contribution is 5.74. The molecule has 0 heterocycles. The number of benzene rings is 1. The van der Waals surface area contributed by atoms with Crippen LogP contribution in [0.25, 0.3) is 0 Å². The van der Waals surface area contributed by atoms with Gasteiger partial charge in [0.2, 0.25) is 0 Å². The summed E-state index contributed by atoms with van der Waals surface area (Å²) in [5.41, 5.74) is 6.34. The molecular weight excluding hydrogens is 225 g/mol. The molecule has 1 aromatic rings. The Labute approximate surface area is 99.2 Å². The molecular formula is C12H16FNO3. The van der Waals surface area contributed by atoms with E-state index in [1.54, 1.807) is 31.2 Å². The van der Waals surface area contributed by atoms with Gasteiger partial charge in [-0.15, -0.1) is 0 Å². The molecule has 0 bridgehead atoms. The fourth-order valence-electron chi connectivity index (χ4n) is 1.45. The minimum absolute atomic E-state index is 0.0174. The van der Waals surface area contributed by atoms with Crippen molar-refractivity contribution in [3.05, 3.63) is 29.8 Å². The Hall–Kier alpha value is -1.62. The number of hydrogen-bond acceptors (Lipinski definition) is 3. The van der Waals surface area contributed by atoms with Gasteiger partial charge in [0.1, 0.15) is 25.1 Å². The Balaban J connectivity index is 2.69. The quantitative estimate of drug-likeness (QED) is 0.792. The largest absolute Gasteiger partial charge is 0.491 e. The Bertz CT molecular complexity index is 367. The zero-order valence-corrected chi connectivity index (χ0v) is 9.60. The number of aliphatic carboxylic acids is 1. The van der Waals surface area contributed by atoms with Gasteiger partial charge in [0.15, 0.2) is 0 Å². The van der Waals surface area contributed by atoms with Crippen LogP contribution >= 0.6 is 0 Å². The standard InChI is InChI=1S/C12H16FNO3/c1-8(11(14)12(15)16)9-2-4-10(5-3-9)17-7-6-13/h2-5,8,11H,6-7,14H2,1H3,(H,15,16). The first-order chi connectivity index (χ1) is 8.06. The number of halogens is 1. The maximum atomic E-state index is 11.9. The summed E-state index contributed by atoms with van der Waals surface area (Å²) in [6.45, 7) is 1.22. The van der Waals surface area contributed by atoms with E-state index in [1.165, 1.54) is 0 Å². The Kier molecular flexibility index (Phi) is 4.90. The lowest BCUT2D eigenvalue weighted by atomic mass is 9.94. The molecule has 0 saturated heterocycles. The first kappa shape index (κ1) is 13.4. The van der Waals surface area contributed by atoms with E-state index >= 15 is 0 Å². The molecule has 0 aliphatic carbocycles. The van der Waals surface area contributed by atoms with Gasteiger partial charge in [-0.1, -0.05) is 19.1 Å². The van der Waals surface area contributed by atoms with Crippen molar-refractivity contribution in [2.24, 2.45) is 5.73 Å². The number of carboxylic acids is 1. The number of alkyl halides is 1. The van der Waals surface area contributed by atoms with Crippen LogP contribution in [-0.4, -0.2) is 30.4 Å². The third-order valence-corrected chi connectivity index (χ3v) is 2.58. The summed E-state index contributed by atoms with van der Waals surface area (Å²) in [6.07, 6.45) is 0. The van der Waals surface area contributed by atoms with Crippen molar-refractivity contribution in [1.82, 2.24) is 0 Å². The highest BCUT2D eigenvalue weighted by atomic mass is 19.1. The Morgan fingerprint density at radius 3 is 2.53 bits per heavy atom. The molecule has 2 atom stereocenters. The molecule has 0 aliphatic rings.